The Morgan fingerprint density at radius 2 is 2.10 bits per heavy atom. The first-order valence-corrected chi connectivity index (χ1v) is 6.95. The molecule has 2 amide bonds. The zero-order valence-electron chi connectivity index (χ0n) is 11.9. The van der Waals surface area contributed by atoms with Gasteiger partial charge in [0.05, 0.1) is 6.42 Å². The lowest BCUT2D eigenvalue weighted by molar-refractivity contribution is -0.136. The topological polar surface area (TPSA) is 83.4 Å². The van der Waals surface area contributed by atoms with Crippen LogP contribution >= 0.6 is 0 Å². The first-order chi connectivity index (χ1) is 10.1. The van der Waals surface area contributed by atoms with Crippen molar-refractivity contribution in [1.82, 2.24) is 9.88 Å². The van der Waals surface area contributed by atoms with Gasteiger partial charge in [-0.3, -0.25) is 4.79 Å². The normalized spacial score (nSPS) is 10.5. The van der Waals surface area contributed by atoms with Gasteiger partial charge in [-0.1, -0.05) is 6.92 Å². The van der Waals surface area contributed by atoms with Gasteiger partial charge in [-0.2, -0.15) is 0 Å². The van der Waals surface area contributed by atoms with Crippen LogP contribution in [0, 0.1) is 0 Å². The van der Waals surface area contributed by atoms with E-state index in [0.29, 0.717) is 5.69 Å². The van der Waals surface area contributed by atoms with Crippen molar-refractivity contribution in [1.29, 1.82) is 0 Å². The second-order valence-electron chi connectivity index (χ2n) is 4.81. The molecule has 3 N–H and O–H groups in total. The maximum absolute atomic E-state index is 11.6. The van der Waals surface area contributed by atoms with Gasteiger partial charge in [0, 0.05) is 35.9 Å². The molecule has 0 bridgehead atoms. The lowest BCUT2D eigenvalue weighted by Crippen LogP contribution is -2.30. The number of benzene rings is 1. The first-order valence-electron chi connectivity index (χ1n) is 6.95. The van der Waals surface area contributed by atoms with E-state index in [-0.39, 0.29) is 13.0 Å². The molecule has 21 heavy (non-hydrogen) atoms. The van der Waals surface area contributed by atoms with Crippen LogP contribution in [0.1, 0.15) is 19.8 Å². The number of hydrogen-bond acceptors (Lipinski definition) is 2. The molecule has 1 aromatic heterocycles. The summed E-state index contributed by atoms with van der Waals surface area (Å²) in [4.78, 5) is 22.0. The number of aromatic nitrogens is 1. The number of amides is 2. The van der Waals surface area contributed by atoms with Crippen LogP contribution in [-0.4, -0.2) is 28.2 Å². The zero-order valence-corrected chi connectivity index (χ0v) is 11.9. The number of carboxylic acid groups (broad SMARTS) is 1. The van der Waals surface area contributed by atoms with Crippen LogP contribution in [0.15, 0.2) is 30.5 Å². The molecule has 0 radical (unpaired) electrons. The average Bonchev–Trinajstić information content (AvgIpc) is 2.81. The standard InChI is InChI=1S/C15H19N3O3/c1-2-8-18-9-6-11-10-12(3-4-13(11)18)17-15(21)16-7-5-14(19)20/h3-4,6,9-10H,2,5,7-8H2,1H3,(H,19,20)(H2,16,17,21). The van der Waals surface area contributed by atoms with Gasteiger partial charge in [0.25, 0.3) is 0 Å². The van der Waals surface area contributed by atoms with Crippen molar-refractivity contribution in [3.63, 3.8) is 0 Å². The molecule has 0 fully saturated rings. The van der Waals surface area contributed by atoms with E-state index in [0.717, 1.165) is 23.9 Å². The maximum atomic E-state index is 11.6. The van der Waals surface area contributed by atoms with Crippen LogP contribution in [0.3, 0.4) is 0 Å². The van der Waals surface area contributed by atoms with Crippen molar-refractivity contribution >= 4 is 28.6 Å². The number of anilines is 1. The molecule has 0 aliphatic rings. The molecule has 6 nitrogen and oxygen atoms in total. The largest absolute Gasteiger partial charge is 0.481 e. The zero-order chi connectivity index (χ0) is 15.2. The summed E-state index contributed by atoms with van der Waals surface area (Å²) in [6.07, 6.45) is 3.01. The van der Waals surface area contributed by atoms with Gasteiger partial charge in [0.15, 0.2) is 0 Å². The van der Waals surface area contributed by atoms with Gasteiger partial charge in [-0.25, -0.2) is 4.79 Å². The highest BCUT2D eigenvalue weighted by Gasteiger charge is 2.05. The number of rotatable bonds is 6. The number of aryl methyl sites for hydroxylation is 1. The van der Waals surface area contributed by atoms with E-state index in [4.69, 9.17) is 5.11 Å². The van der Waals surface area contributed by atoms with E-state index in [1.54, 1.807) is 0 Å². The Morgan fingerprint density at radius 1 is 1.29 bits per heavy atom. The molecule has 1 aromatic carbocycles. The van der Waals surface area contributed by atoms with Gasteiger partial charge in [-0.15, -0.1) is 0 Å². The summed E-state index contributed by atoms with van der Waals surface area (Å²) in [5.74, 6) is -0.936. The fourth-order valence-electron chi connectivity index (χ4n) is 2.17. The second-order valence-corrected chi connectivity index (χ2v) is 4.81. The number of carbonyl (C=O) groups excluding carboxylic acids is 1. The van der Waals surface area contributed by atoms with Crippen LogP contribution in [0.25, 0.3) is 10.9 Å². The van der Waals surface area contributed by atoms with Crippen molar-refractivity contribution in [3.8, 4) is 0 Å². The van der Waals surface area contributed by atoms with Gasteiger partial charge in [0.1, 0.15) is 0 Å². The minimum atomic E-state index is -0.936. The van der Waals surface area contributed by atoms with Crippen molar-refractivity contribution in [2.75, 3.05) is 11.9 Å². The molecule has 0 aliphatic carbocycles. The van der Waals surface area contributed by atoms with Gasteiger partial charge < -0.3 is 20.3 Å². The minimum Gasteiger partial charge on any atom is -0.481 e. The van der Waals surface area contributed by atoms with E-state index in [1.807, 2.05) is 30.5 Å². The molecule has 112 valence electrons. The summed E-state index contributed by atoms with van der Waals surface area (Å²) < 4.78 is 2.17. The number of aliphatic carboxylic acids is 1. The third-order valence-electron chi connectivity index (χ3n) is 3.12. The molecule has 1 heterocycles. The summed E-state index contributed by atoms with van der Waals surface area (Å²) in [6.45, 7) is 3.20. The molecule has 0 spiro atoms. The highest BCUT2D eigenvalue weighted by Crippen LogP contribution is 2.20. The molecule has 0 saturated heterocycles. The van der Waals surface area contributed by atoms with E-state index >= 15 is 0 Å². The SMILES string of the molecule is CCCn1ccc2cc(NC(=O)NCCC(=O)O)ccc21. The Hall–Kier alpha value is -2.50. The number of nitrogens with zero attached hydrogens (tertiary/aromatic N) is 1. The van der Waals surface area contributed by atoms with E-state index in [9.17, 15) is 9.59 Å². The van der Waals surface area contributed by atoms with E-state index in [1.165, 1.54) is 0 Å². The molecule has 0 aliphatic heterocycles. The van der Waals surface area contributed by atoms with E-state index in [2.05, 4.69) is 22.1 Å². The fourth-order valence-corrected chi connectivity index (χ4v) is 2.17. The molecule has 2 rings (SSSR count). The summed E-state index contributed by atoms with van der Waals surface area (Å²) in [5.41, 5.74) is 1.82. The summed E-state index contributed by atoms with van der Waals surface area (Å²) >= 11 is 0. The number of carboxylic acids is 1. The molecule has 2 aromatic rings. The van der Waals surface area contributed by atoms with E-state index < -0.39 is 12.0 Å². The number of nitrogens with one attached hydrogen (secondary N) is 2. The highest BCUT2D eigenvalue weighted by atomic mass is 16.4. The summed E-state index contributed by atoms with van der Waals surface area (Å²) in [5, 5.41) is 14.8. The van der Waals surface area contributed by atoms with Gasteiger partial charge >= 0.3 is 12.0 Å². The molecular formula is C15H19N3O3. The lowest BCUT2D eigenvalue weighted by Gasteiger charge is -2.08. The molecule has 0 unspecified atom stereocenters. The Bertz CT molecular complexity index is 649. The van der Waals surface area contributed by atoms with Crippen LogP contribution < -0.4 is 10.6 Å². The first kappa shape index (κ1) is 14.9. The molecule has 0 saturated carbocycles. The fraction of sp³-hybridized carbons (Fsp3) is 0.333. The minimum absolute atomic E-state index is 0.0909. The van der Waals surface area contributed by atoms with Crippen LogP contribution in [0.4, 0.5) is 10.5 Å². The lowest BCUT2D eigenvalue weighted by atomic mass is 10.2. The Morgan fingerprint density at radius 3 is 2.81 bits per heavy atom. The van der Waals surface area contributed by atoms with Crippen LogP contribution in [0.2, 0.25) is 0 Å². The van der Waals surface area contributed by atoms with Crippen LogP contribution in [0.5, 0.6) is 0 Å². The van der Waals surface area contributed by atoms with Crippen molar-refractivity contribution in [2.45, 2.75) is 26.3 Å². The highest BCUT2D eigenvalue weighted by molar-refractivity contribution is 5.93. The molecule has 0 atom stereocenters. The molecule has 6 heteroatoms. The predicted octanol–water partition coefficient (Wildman–Crippen LogP) is 2.65. The van der Waals surface area contributed by atoms with Gasteiger partial charge in [0.2, 0.25) is 0 Å². The Balaban J connectivity index is 1.99. The molecular weight excluding hydrogens is 270 g/mol. The monoisotopic (exact) mass is 289 g/mol. The van der Waals surface area contributed by atoms with Crippen molar-refractivity contribution in [2.24, 2.45) is 0 Å². The predicted molar refractivity (Wildman–Crippen MR) is 81.5 cm³/mol. The van der Waals surface area contributed by atoms with Gasteiger partial charge in [-0.05, 0) is 30.7 Å². The summed E-state index contributed by atoms with van der Waals surface area (Å²) in [6, 6.07) is 7.32. The Labute approximate surface area is 122 Å². The maximum Gasteiger partial charge on any atom is 0.319 e. The number of carbonyl (C=O) groups is 2. The number of fused-ring (bicyclic) bond motifs is 1. The smallest absolute Gasteiger partial charge is 0.319 e. The quantitative estimate of drug-likeness (QED) is 0.764. The summed E-state index contributed by atoms with van der Waals surface area (Å²) in [7, 11) is 0. The third kappa shape index (κ3) is 3.98. The second kappa shape index (κ2) is 6.78. The Kier molecular flexibility index (Phi) is 4.81. The number of hydrogen-bond donors (Lipinski definition) is 3. The van der Waals surface area contributed by atoms with Crippen molar-refractivity contribution in [3.05, 3.63) is 30.5 Å². The average molecular weight is 289 g/mol. The van der Waals surface area contributed by atoms with Crippen molar-refractivity contribution < 1.29 is 14.7 Å². The third-order valence-corrected chi connectivity index (χ3v) is 3.12. The van der Waals surface area contributed by atoms with Crippen LogP contribution in [-0.2, 0) is 11.3 Å². The number of urea groups is 1.